The Morgan fingerprint density at radius 3 is 2.95 bits per heavy atom. The highest BCUT2D eigenvalue weighted by molar-refractivity contribution is 5.80. The maximum atomic E-state index is 9.46. The first-order valence-electron chi connectivity index (χ1n) is 6.68. The van der Waals surface area contributed by atoms with E-state index < -0.39 is 0 Å². The first-order chi connectivity index (χ1) is 9.17. The van der Waals surface area contributed by atoms with Gasteiger partial charge in [-0.05, 0) is 37.3 Å². The monoisotopic (exact) mass is 258 g/mol. The zero-order valence-electron chi connectivity index (χ0n) is 11.0. The van der Waals surface area contributed by atoms with Crippen molar-refractivity contribution in [1.29, 1.82) is 5.41 Å². The summed E-state index contributed by atoms with van der Waals surface area (Å²) in [6.07, 6.45) is 7.00. The minimum atomic E-state index is 0.174. The van der Waals surface area contributed by atoms with Crippen LogP contribution in [0.5, 0.6) is 0 Å². The maximum absolute atomic E-state index is 9.46. The van der Waals surface area contributed by atoms with Crippen LogP contribution in [0.15, 0.2) is 24.5 Å². The van der Waals surface area contributed by atoms with Gasteiger partial charge < -0.3 is 4.40 Å². The number of fused-ring (bicyclic) bond motifs is 1. The van der Waals surface area contributed by atoms with E-state index in [-0.39, 0.29) is 5.84 Å². The minimum absolute atomic E-state index is 0.174. The number of nitrogens with one attached hydrogen (secondary N) is 1. The van der Waals surface area contributed by atoms with Crippen molar-refractivity contribution in [3.05, 3.63) is 35.8 Å². The molecule has 2 aromatic rings. The fourth-order valence-corrected chi connectivity index (χ4v) is 2.26. The number of nitrogens with zero attached hydrogens (tertiary/aromatic N) is 3. The normalized spacial score (nSPS) is 14.8. The molecule has 2 aromatic heterocycles. The van der Waals surface area contributed by atoms with Crippen LogP contribution in [0.2, 0.25) is 0 Å². The second kappa shape index (κ2) is 4.66. The quantitative estimate of drug-likeness (QED) is 0.503. The van der Waals surface area contributed by atoms with Gasteiger partial charge in [-0.25, -0.2) is 10.0 Å². The summed E-state index contributed by atoms with van der Waals surface area (Å²) < 4.78 is 2.02. The molecule has 0 aromatic carbocycles. The van der Waals surface area contributed by atoms with Crippen LogP contribution in [0.3, 0.4) is 0 Å². The van der Waals surface area contributed by atoms with Crippen LogP contribution in [-0.2, 0) is 6.42 Å². The minimum Gasteiger partial charge on any atom is -0.307 e. The number of likely N-dealkylation sites (N-methyl/N-ethyl adjacent to an activating group) is 1. The summed E-state index contributed by atoms with van der Waals surface area (Å²) in [7, 11) is 0. The SMILES string of the molecule is CCN(O)C(=N)Cc1cn2cc(C3CC3)ccc2n1. The van der Waals surface area contributed by atoms with E-state index in [1.807, 2.05) is 16.7 Å². The van der Waals surface area contributed by atoms with E-state index in [2.05, 4.69) is 17.2 Å². The summed E-state index contributed by atoms with van der Waals surface area (Å²) >= 11 is 0. The molecular formula is C14H18N4O. The summed E-state index contributed by atoms with van der Waals surface area (Å²) in [5.41, 5.74) is 3.07. The van der Waals surface area contributed by atoms with Crippen molar-refractivity contribution < 1.29 is 5.21 Å². The highest BCUT2D eigenvalue weighted by Gasteiger charge is 2.23. The molecule has 0 radical (unpaired) electrons. The molecule has 2 heterocycles. The maximum Gasteiger partial charge on any atom is 0.137 e. The third-order valence-electron chi connectivity index (χ3n) is 3.53. The zero-order valence-corrected chi connectivity index (χ0v) is 11.0. The first kappa shape index (κ1) is 12.2. The van der Waals surface area contributed by atoms with Crippen LogP contribution in [0.1, 0.15) is 36.9 Å². The van der Waals surface area contributed by atoms with Crippen LogP contribution < -0.4 is 0 Å². The molecule has 3 rings (SSSR count). The predicted molar refractivity (Wildman–Crippen MR) is 72.8 cm³/mol. The van der Waals surface area contributed by atoms with E-state index >= 15 is 0 Å². The van der Waals surface area contributed by atoms with E-state index in [4.69, 9.17) is 5.41 Å². The van der Waals surface area contributed by atoms with Gasteiger partial charge in [-0.1, -0.05) is 6.07 Å². The molecule has 0 aliphatic heterocycles. The third kappa shape index (κ3) is 2.46. The standard InChI is InChI=1S/C14H18N4O/c1-2-18(19)13(15)7-12-9-17-8-11(10-3-4-10)5-6-14(17)16-12/h5-6,8-10,15,19H,2-4,7H2,1H3. The number of hydrogen-bond acceptors (Lipinski definition) is 3. The van der Waals surface area contributed by atoms with Gasteiger partial charge in [0, 0.05) is 18.9 Å². The van der Waals surface area contributed by atoms with Crippen molar-refractivity contribution in [2.45, 2.75) is 32.1 Å². The summed E-state index contributed by atoms with van der Waals surface area (Å²) in [6.45, 7) is 2.22. The topological polar surface area (TPSA) is 64.6 Å². The van der Waals surface area contributed by atoms with Crippen LogP contribution in [-0.4, -0.2) is 32.0 Å². The lowest BCUT2D eigenvalue weighted by atomic mass is 10.2. The molecule has 1 aliphatic rings. The average molecular weight is 258 g/mol. The smallest absolute Gasteiger partial charge is 0.137 e. The predicted octanol–water partition coefficient (Wildman–Crippen LogP) is 2.44. The van der Waals surface area contributed by atoms with Crippen molar-refractivity contribution in [2.75, 3.05) is 6.54 Å². The summed E-state index contributed by atoms with van der Waals surface area (Å²) in [5.74, 6) is 0.898. The lowest BCUT2D eigenvalue weighted by Crippen LogP contribution is -2.27. The van der Waals surface area contributed by atoms with E-state index in [9.17, 15) is 5.21 Å². The van der Waals surface area contributed by atoms with Gasteiger partial charge >= 0.3 is 0 Å². The fraction of sp³-hybridized carbons (Fsp3) is 0.429. The Balaban J connectivity index is 1.83. The highest BCUT2D eigenvalue weighted by atomic mass is 16.5. The molecule has 5 heteroatoms. The van der Waals surface area contributed by atoms with Crippen molar-refractivity contribution in [3.63, 3.8) is 0 Å². The third-order valence-corrected chi connectivity index (χ3v) is 3.53. The number of imidazole rings is 1. The Bertz CT molecular complexity index is 615. The van der Waals surface area contributed by atoms with Gasteiger partial charge in [0.2, 0.25) is 0 Å². The first-order valence-corrected chi connectivity index (χ1v) is 6.68. The van der Waals surface area contributed by atoms with Crippen LogP contribution in [0.25, 0.3) is 5.65 Å². The number of hydrogen-bond donors (Lipinski definition) is 2. The van der Waals surface area contributed by atoms with Crippen molar-refractivity contribution in [1.82, 2.24) is 14.4 Å². The van der Waals surface area contributed by atoms with Crippen molar-refractivity contribution in [2.24, 2.45) is 0 Å². The molecule has 1 fully saturated rings. The van der Waals surface area contributed by atoms with Gasteiger partial charge in [-0.2, -0.15) is 0 Å². The molecule has 0 atom stereocenters. The van der Waals surface area contributed by atoms with E-state index in [1.165, 1.54) is 18.4 Å². The van der Waals surface area contributed by atoms with Gasteiger partial charge in [0.15, 0.2) is 0 Å². The van der Waals surface area contributed by atoms with Crippen LogP contribution in [0, 0.1) is 5.41 Å². The van der Waals surface area contributed by atoms with Crippen molar-refractivity contribution >= 4 is 11.5 Å². The van der Waals surface area contributed by atoms with Crippen LogP contribution in [0.4, 0.5) is 0 Å². The molecule has 100 valence electrons. The number of amidine groups is 1. The van der Waals surface area contributed by atoms with Gasteiger partial charge in [0.1, 0.15) is 11.5 Å². The van der Waals surface area contributed by atoms with Gasteiger partial charge in [0.05, 0.1) is 12.1 Å². The number of hydroxylamine groups is 2. The number of aromatic nitrogens is 2. The lowest BCUT2D eigenvalue weighted by molar-refractivity contribution is -0.0121. The molecule has 0 unspecified atom stereocenters. The zero-order chi connectivity index (χ0) is 13.4. The van der Waals surface area contributed by atoms with E-state index in [0.29, 0.717) is 13.0 Å². The summed E-state index contributed by atoms with van der Waals surface area (Å²) in [5, 5.41) is 18.2. The van der Waals surface area contributed by atoms with Crippen molar-refractivity contribution in [3.8, 4) is 0 Å². The molecule has 0 amide bonds. The van der Waals surface area contributed by atoms with Gasteiger partial charge in [0.25, 0.3) is 0 Å². The Hall–Kier alpha value is -1.88. The summed E-state index contributed by atoms with van der Waals surface area (Å²) in [4.78, 5) is 4.47. The average Bonchev–Trinajstić information content (AvgIpc) is 3.18. The molecule has 5 nitrogen and oxygen atoms in total. The second-order valence-electron chi connectivity index (χ2n) is 5.07. The molecule has 1 aliphatic carbocycles. The second-order valence-corrected chi connectivity index (χ2v) is 5.07. The Labute approximate surface area is 112 Å². The Morgan fingerprint density at radius 1 is 1.47 bits per heavy atom. The van der Waals surface area contributed by atoms with Crippen LogP contribution >= 0.6 is 0 Å². The Kier molecular flexibility index (Phi) is 2.98. The highest BCUT2D eigenvalue weighted by Crippen LogP contribution is 2.39. The summed E-state index contributed by atoms with van der Waals surface area (Å²) in [6, 6.07) is 4.16. The molecule has 2 N–H and O–H groups in total. The molecule has 0 spiro atoms. The van der Waals surface area contributed by atoms with E-state index in [0.717, 1.165) is 22.3 Å². The number of pyridine rings is 1. The lowest BCUT2D eigenvalue weighted by Gasteiger charge is -2.13. The fourth-order valence-electron chi connectivity index (χ4n) is 2.26. The number of rotatable bonds is 4. The van der Waals surface area contributed by atoms with Gasteiger partial charge in [-0.3, -0.25) is 10.6 Å². The van der Waals surface area contributed by atoms with Gasteiger partial charge in [-0.15, -0.1) is 0 Å². The molecule has 0 saturated heterocycles. The Morgan fingerprint density at radius 2 is 2.26 bits per heavy atom. The van der Waals surface area contributed by atoms with E-state index in [1.54, 1.807) is 6.92 Å². The molecule has 0 bridgehead atoms. The largest absolute Gasteiger partial charge is 0.307 e. The molecule has 19 heavy (non-hydrogen) atoms. The molecular weight excluding hydrogens is 240 g/mol. The molecule has 1 saturated carbocycles.